The number of benzene rings is 2. The minimum absolute atomic E-state index is 0.207. The Morgan fingerprint density at radius 3 is 2.48 bits per heavy atom. The van der Waals surface area contributed by atoms with Crippen molar-refractivity contribution in [1.82, 2.24) is 0 Å². The van der Waals surface area contributed by atoms with Crippen molar-refractivity contribution < 1.29 is 23.2 Å². The molecule has 0 aliphatic heterocycles. The topological polar surface area (TPSA) is 42.8 Å². The maximum Gasteiger partial charge on any atom is 0.279 e. The summed E-state index contributed by atoms with van der Waals surface area (Å²) in [7, 11) is 1.62. The van der Waals surface area contributed by atoms with Crippen LogP contribution in [0.5, 0.6) is 5.75 Å². The van der Waals surface area contributed by atoms with Crippen molar-refractivity contribution in [2.24, 2.45) is 0 Å². The summed E-state index contributed by atoms with van der Waals surface area (Å²) in [5.74, 6) is -1.31. The van der Waals surface area contributed by atoms with Gasteiger partial charge in [-0.1, -0.05) is 0 Å². The first kappa shape index (κ1) is 17.4. The maximum atomic E-state index is 13.2. The molecule has 1 unspecified atom stereocenters. The average molecular weight is 347 g/mol. The Labute approximate surface area is 145 Å². The fourth-order valence-corrected chi connectivity index (χ4v) is 2.83. The van der Waals surface area contributed by atoms with Crippen LogP contribution in [0.2, 0.25) is 0 Å². The van der Waals surface area contributed by atoms with E-state index in [2.05, 4.69) is 5.32 Å². The van der Waals surface area contributed by atoms with Gasteiger partial charge in [-0.3, -0.25) is 4.79 Å². The van der Waals surface area contributed by atoms with Crippen LogP contribution in [0.4, 0.5) is 14.5 Å². The summed E-state index contributed by atoms with van der Waals surface area (Å²) in [6.45, 7) is 1.02. The Balaban J connectivity index is 1.60. The van der Waals surface area contributed by atoms with Crippen LogP contribution in [0.3, 0.4) is 0 Å². The second-order valence-electron chi connectivity index (χ2n) is 6.31. The van der Waals surface area contributed by atoms with E-state index in [1.54, 1.807) is 7.11 Å². The molecular formula is C19H21F2N2O2+. The number of carbonyl (C=O) groups is 1. The van der Waals surface area contributed by atoms with Gasteiger partial charge in [-0.05, 0) is 36.4 Å². The van der Waals surface area contributed by atoms with Gasteiger partial charge in [0.2, 0.25) is 0 Å². The van der Waals surface area contributed by atoms with E-state index < -0.39 is 11.6 Å². The molecule has 2 aromatic carbocycles. The molecule has 0 heterocycles. The minimum Gasteiger partial charge on any atom is -0.497 e. The Hall–Kier alpha value is -2.47. The molecule has 2 N–H and O–H groups in total. The normalized spacial score (nSPS) is 14.8. The molecule has 1 amide bonds. The Morgan fingerprint density at radius 1 is 1.16 bits per heavy atom. The van der Waals surface area contributed by atoms with E-state index in [0.717, 1.165) is 42.8 Å². The van der Waals surface area contributed by atoms with Gasteiger partial charge < -0.3 is 15.0 Å². The highest BCUT2D eigenvalue weighted by atomic mass is 19.2. The number of quaternary nitrogens is 1. The van der Waals surface area contributed by atoms with Gasteiger partial charge in [0.15, 0.2) is 18.2 Å². The van der Waals surface area contributed by atoms with Crippen molar-refractivity contribution in [3.63, 3.8) is 0 Å². The molecule has 1 fully saturated rings. The molecule has 132 valence electrons. The first-order valence-corrected chi connectivity index (χ1v) is 8.27. The second-order valence-corrected chi connectivity index (χ2v) is 6.31. The minimum atomic E-state index is -0.970. The summed E-state index contributed by atoms with van der Waals surface area (Å²) in [6.07, 6.45) is 2.20. The second kappa shape index (κ2) is 7.61. The zero-order valence-electron chi connectivity index (χ0n) is 14.0. The number of carbonyl (C=O) groups excluding carboxylic acids is 1. The van der Waals surface area contributed by atoms with Crippen molar-refractivity contribution in [2.45, 2.75) is 25.4 Å². The largest absolute Gasteiger partial charge is 0.497 e. The van der Waals surface area contributed by atoms with E-state index in [9.17, 15) is 13.6 Å². The fourth-order valence-electron chi connectivity index (χ4n) is 2.83. The van der Waals surface area contributed by atoms with Crippen molar-refractivity contribution in [3.8, 4) is 5.75 Å². The van der Waals surface area contributed by atoms with E-state index in [1.165, 1.54) is 11.0 Å². The summed E-state index contributed by atoms with van der Waals surface area (Å²) in [5.41, 5.74) is 1.40. The Morgan fingerprint density at radius 2 is 1.88 bits per heavy atom. The lowest BCUT2D eigenvalue weighted by Gasteiger charge is -2.19. The van der Waals surface area contributed by atoms with Crippen molar-refractivity contribution in [3.05, 3.63) is 59.7 Å². The van der Waals surface area contributed by atoms with Crippen LogP contribution in [-0.2, 0) is 11.3 Å². The number of rotatable bonds is 7. The fraction of sp³-hybridized carbons (Fsp3) is 0.316. The first-order chi connectivity index (χ1) is 12.0. The molecule has 4 nitrogen and oxygen atoms in total. The maximum absolute atomic E-state index is 13.2. The van der Waals surface area contributed by atoms with Crippen molar-refractivity contribution in [1.29, 1.82) is 0 Å². The van der Waals surface area contributed by atoms with Gasteiger partial charge in [0.1, 0.15) is 12.3 Å². The Bertz CT molecular complexity index is 746. The molecule has 0 aromatic heterocycles. The van der Waals surface area contributed by atoms with Crippen molar-refractivity contribution in [2.75, 3.05) is 19.0 Å². The van der Waals surface area contributed by atoms with Crippen LogP contribution in [0.15, 0.2) is 42.5 Å². The van der Waals surface area contributed by atoms with Gasteiger partial charge in [-0.25, -0.2) is 8.78 Å². The van der Waals surface area contributed by atoms with Gasteiger partial charge in [-0.15, -0.1) is 0 Å². The Kier molecular flexibility index (Phi) is 5.28. The van der Waals surface area contributed by atoms with Crippen LogP contribution in [-0.4, -0.2) is 25.6 Å². The number of ether oxygens (including phenoxy) is 1. The zero-order chi connectivity index (χ0) is 17.8. The summed E-state index contributed by atoms with van der Waals surface area (Å²) in [6, 6.07) is 11.6. The van der Waals surface area contributed by atoms with Crippen LogP contribution < -0.4 is 15.0 Å². The quantitative estimate of drug-likeness (QED) is 0.806. The van der Waals surface area contributed by atoms with Gasteiger partial charge in [-0.2, -0.15) is 0 Å². The third kappa shape index (κ3) is 4.76. The molecule has 1 saturated carbocycles. The molecule has 0 radical (unpaired) electrons. The molecule has 0 spiro atoms. The number of halogens is 2. The third-order valence-corrected chi connectivity index (χ3v) is 4.34. The standard InChI is InChI=1S/C19H20F2N2O2/c1-25-16-7-2-13(3-8-16)11-23(15-5-6-15)12-19(24)22-14-4-9-17(20)18(21)10-14/h2-4,7-10,15H,5-6,11-12H2,1H3,(H,22,24)/p+1. The smallest absolute Gasteiger partial charge is 0.279 e. The number of amides is 1. The average Bonchev–Trinajstić information content (AvgIpc) is 3.43. The number of methoxy groups -OCH3 is 1. The molecule has 1 aliphatic carbocycles. The molecule has 6 heteroatoms. The van der Waals surface area contributed by atoms with Gasteiger partial charge in [0, 0.05) is 30.2 Å². The monoisotopic (exact) mass is 347 g/mol. The lowest BCUT2D eigenvalue weighted by molar-refractivity contribution is -0.916. The summed E-state index contributed by atoms with van der Waals surface area (Å²) < 4.78 is 31.3. The summed E-state index contributed by atoms with van der Waals surface area (Å²) in [4.78, 5) is 13.4. The number of nitrogens with one attached hydrogen (secondary N) is 2. The highest BCUT2D eigenvalue weighted by Crippen LogP contribution is 2.17. The van der Waals surface area contributed by atoms with Crippen LogP contribution >= 0.6 is 0 Å². The van der Waals surface area contributed by atoms with Crippen LogP contribution in [0.25, 0.3) is 0 Å². The molecule has 1 atom stereocenters. The van der Waals surface area contributed by atoms with Crippen LogP contribution in [0, 0.1) is 11.6 Å². The molecule has 0 bridgehead atoms. The lowest BCUT2D eigenvalue weighted by atomic mass is 10.2. The number of hydrogen-bond donors (Lipinski definition) is 2. The molecule has 0 saturated heterocycles. The molecular weight excluding hydrogens is 326 g/mol. The predicted molar refractivity (Wildman–Crippen MR) is 90.5 cm³/mol. The van der Waals surface area contributed by atoms with E-state index >= 15 is 0 Å². The van der Waals surface area contributed by atoms with E-state index in [4.69, 9.17) is 4.74 Å². The number of hydrogen-bond acceptors (Lipinski definition) is 2. The van der Waals surface area contributed by atoms with Gasteiger partial charge >= 0.3 is 0 Å². The zero-order valence-corrected chi connectivity index (χ0v) is 14.0. The highest BCUT2D eigenvalue weighted by molar-refractivity contribution is 5.91. The number of anilines is 1. The molecule has 25 heavy (non-hydrogen) atoms. The summed E-state index contributed by atoms with van der Waals surface area (Å²) >= 11 is 0. The van der Waals surface area contributed by atoms with E-state index in [1.807, 2.05) is 24.3 Å². The lowest BCUT2D eigenvalue weighted by Crippen LogP contribution is -3.13. The third-order valence-electron chi connectivity index (χ3n) is 4.34. The molecule has 1 aliphatic rings. The van der Waals surface area contributed by atoms with Gasteiger partial charge in [0.25, 0.3) is 5.91 Å². The van der Waals surface area contributed by atoms with E-state index in [0.29, 0.717) is 6.04 Å². The highest BCUT2D eigenvalue weighted by Gasteiger charge is 2.34. The molecule has 2 aromatic rings. The first-order valence-electron chi connectivity index (χ1n) is 8.27. The van der Waals surface area contributed by atoms with Crippen LogP contribution in [0.1, 0.15) is 18.4 Å². The molecule has 3 rings (SSSR count). The van der Waals surface area contributed by atoms with Crippen molar-refractivity contribution >= 4 is 11.6 Å². The van der Waals surface area contributed by atoms with Gasteiger partial charge in [0.05, 0.1) is 13.2 Å². The predicted octanol–water partition coefficient (Wildman–Crippen LogP) is 2.16. The SMILES string of the molecule is COc1ccc(C[NH+](CC(=O)Nc2ccc(F)c(F)c2)C2CC2)cc1. The summed E-state index contributed by atoms with van der Waals surface area (Å²) in [5, 5.41) is 2.64. The van der Waals surface area contributed by atoms with E-state index in [-0.39, 0.29) is 18.1 Å².